The number of rotatable bonds is 2. The minimum absolute atomic E-state index is 0.865. The van der Waals surface area contributed by atoms with Crippen molar-refractivity contribution in [3.05, 3.63) is 11.3 Å². The Morgan fingerprint density at radius 2 is 1.70 bits per heavy atom. The van der Waals surface area contributed by atoms with Crippen molar-refractivity contribution in [3.63, 3.8) is 0 Å². The summed E-state index contributed by atoms with van der Waals surface area (Å²) < 4.78 is 0. The lowest BCUT2D eigenvalue weighted by molar-refractivity contribution is 1.01. The van der Waals surface area contributed by atoms with E-state index in [0.29, 0.717) is 0 Å². The molecule has 0 bridgehead atoms. The molecule has 0 fully saturated rings. The van der Waals surface area contributed by atoms with Crippen LogP contribution in [0.5, 0.6) is 0 Å². The Labute approximate surface area is 66.4 Å². The standard InChI is InChI=1S/C9H20Si/c1-7-9(4)10(5,6)8(2)3/h7-8H,1-6H3. The van der Waals surface area contributed by atoms with Gasteiger partial charge in [0.15, 0.2) is 0 Å². The predicted octanol–water partition coefficient (Wildman–Crippen LogP) is 3.61. The zero-order chi connectivity index (χ0) is 8.36. The highest BCUT2D eigenvalue weighted by atomic mass is 28.3. The van der Waals surface area contributed by atoms with Gasteiger partial charge in [0.2, 0.25) is 0 Å². The third-order valence-corrected chi connectivity index (χ3v) is 8.10. The van der Waals surface area contributed by atoms with E-state index in [1.165, 1.54) is 0 Å². The third-order valence-electron chi connectivity index (χ3n) is 2.89. The Balaban J connectivity index is 4.40. The second-order valence-corrected chi connectivity index (χ2v) is 9.23. The van der Waals surface area contributed by atoms with Gasteiger partial charge in [-0.1, -0.05) is 38.2 Å². The number of hydrogen-bond donors (Lipinski definition) is 0. The predicted molar refractivity (Wildman–Crippen MR) is 52.0 cm³/mol. The maximum Gasteiger partial charge on any atom is 0.0771 e. The Kier molecular flexibility index (Phi) is 3.36. The molecule has 0 heterocycles. The monoisotopic (exact) mass is 156 g/mol. The lowest BCUT2D eigenvalue weighted by Crippen LogP contribution is -2.31. The Morgan fingerprint density at radius 3 is 1.80 bits per heavy atom. The molecule has 0 unspecified atom stereocenters. The largest absolute Gasteiger partial charge is 0.0926 e. The van der Waals surface area contributed by atoms with Crippen molar-refractivity contribution >= 4 is 8.07 Å². The first-order valence-electron chi connectivity index (χ1n) is 4.06. The molecule has 0 saturated carbocycles. The summed E-state index contributed by atoms with van der Waals surface area (Å²) in [6.45, 7) is 14.0. The Bertz CT molecular complexity index is 132. The van der Waals surface area contributed by atoms with Gasteiger partial charge in [0.05, 0.1) is 8.07 Å². The SMILES string of the molecule is CC=C(C)[Si](C)(C)C(C)C. The molecule has 0 N–H and O–H groups in total. The molecule has 0 saturated heterocycles. The molecule has 0 atom stereocenters. The average molecular weight is 156 g/mol. The zero-order valence-electron chi connectivity index (χ0n) is 8.15. The van der Waals surface area contributed by atoms with E-state index in [4.69, 9.17) is 0 Å². The highest BCUT2D eigenvalue weighted by Gasteiger charge is 2.25. The lowest BCUT2D eigenvalue weighted by atomic mass is 10.5. The van der Waals surface area contributed by atoms with Gasteiger partial charge in [0.1, 0.15) is 0 Å². The molecule has 0 aliphatic rings. The molecule has 0 radical (unpaired) electrons. The fraction of sp³-hybridized carbons (Fsp3) is 0.778. The second kappa shape index (κ2) is 3.38. The van der Waals surface area contributed by atoms with Crippen LogP contribution in [-0.4, -0.2) is 8.07 Å². The molecule has 60 valence electrons. The van der Waals surface area contributed by atoms with Crippen LogP contribution in [-0.2, 0) is 0 Å². The van der Waals surface area contributed by atoms with Gasteiger partial charge in [-0.05, 0) is 19.4 Å². The van der Waals surface area contributed by atoms with Crippen molar-refractivity contribution < 1.29 is 0 Å². The maximum atomic E-state index is 2.44. The average Bonchev–Trinajstić information content (AvgIpc) is 1.86. The minimum Gasteiger partial charge on any atom is -0.0926 e. The van der Waals surface area contributed by atoms with E-state index < -0.39 is 8.07 Å². The van der Waals surface area contributed by atoms with E-state index in [9.17, 15) is 0 Å². The molecular weight excluding hydrogens is 136 g/mol. The summed E-state index contributed by atoms with van der Waals surface area (Å²) in [5.74, 6) is 0. The van der Waals surface area contributed by atoms with Crippen LogP contribution in [0, 0.1) is 0 Å². The summed E-state index contributed by atoms with van der Waals surface area (Å²) in [7, 11) is -1.02. The van der Waals surface area contributed by atoms with Crippen LogP contribution in [0.25, 0.3) is 0 Å². The van der Waals surface area contributed by atoms with Crippen molar-refractivity contribution in [2.45, 2.75) is 46.3 Å². The van der Waals surface area contributed by atoms with Crippen molar-refractivity contribution in [2.24, 2.45) is 0 Å². The minimum atomic E-state index is -1.02. The molecule has 0 aliphatic heterocycles. The van der Waals surface area contributed by atoms with Crippen LogP contribution in [0.2, 0.25) is 18.6 Å². The molecule has 1 heteroatoms. The molecule has 0 aromatic carbocycles. The van der Waals surface area contributed by atoms with Crippen molar-refractivity contribution in [1.29, 1.82) is 0 Å². The molecule has 0 rings (SSSR count). The van der Waals surface area contributed by atoms with Crippen LogP contribution < -0.4 is 0 Å². The Morgan fingerprint density at radius 1 is 1.30 bits per heavy atom. The van der Waals surface area contributed by atoms with Crippen LogP contribution in [0.4, 0.5) is 0 Å². The van der Waals surface area contributed by atoms with E-state index in [2.05, 4.69) is 46.9 Å². The molecule has 0 amide bonds. The van der Waals surface area contributed by atoms with E-state index in [1.54, 1.807) is 5.20 Å². The molecule has 0 aromatic heterocycles. The topological polar surface area (TPSA) is 0 Å². The summed E-state index contributed by atoms with van der Waals surface area (Å²) >= 11 is 0. The van der Waals surface area contributed by atoms with Crippen LogP contribution >= 0.6 is 0 Å². The van der Waals surface area contributed by atoms with E-state index in [0.717, 1.165) is 5.54 Å². The summed E-state index contributed by atoms with van der Waals surface area (Å²) in [6.07, 6.45) is 2.27. The zero-order valence-corrected chi connectivity index (χ0v) is 9.15. The van der Waals surface area contributed by atoms with Crippen molar-refractivity contribution in [2.75, 3.05) is 0 Å². The first-order chi connectivity index (χ1) is 4.42. The third kappa shape index (κ3) is 1.98. The van der Waals surface area contributed by atoms with Gasteiger partial charge in [0.25, 0.3) is 0 Å². The van der Waals surface area contributed by atoms with Crippen LogP contribution in [0.15, 0.2) is 11.3 Å². The maximum absolute atomic E-state index is 2.44. The quantitative estimate of drug-likeness (QED) is 0.536. The summed E-state index contributed by atoms with van der Waals surface area (Å²) in [5.41, 5.74) is 0.865. The van der Waals surface area contributed by atoms with Gasteiger partial charge >= 0.3 is 0 Å². The van der Waals surface area contributed by atoms with Crippen molar-refractivity contribution in [1.82, 2.24) is 0 Å². The van der Waals surface area contributed by atoms with E-state index in [-0.39, 0.29) is 0 Å². The summed E-state index contributed by atoms with van der Waals surface area (Å²) in [6, 6.07) is 0. The van der Waals surface area contributed by atoms with Gasteiger partial charge < -0.3 is 0 Å². The highest BCUT2D eigenvalue weighted by molar-refractivity contribution is 6.85. The molecule has 0 aromatic rings. The lowest BCUT2D eigenvalue weighted by Gasteiger charge is -2.27. The van der Waals surface area contributed by atoms with E-state index >= 15 is 0 Å². The van der Waals surface area contributed by atoms with Crippen molar-refractivity contribution in [3.8, 4) is 0 Å². The number of hydrogen-bond acceptors (Lipinski definition) is 0. The first-order valence-corrected chi connectivity index (χ1v) is 7.14. The second-order valence-electron chi connectivity index (χ2n) is 3.85. The highest BCUT2D eigenvalue weighted by Crippen LogP contribution is 2.26. The fourth-order valence-electron chi connectivity index (χ4n) is 0.827. The number of allylic oxidation sites excluding steroid dienone is 2. The molecule has 0 nitrogen and oxygen atoms in total. The Hall–Kier alpha value is -0.0431. The van der Waals surface area contributed by atoms with Gasteiger partial charge in [-0.2, -0.15) is 0 Å². The summed E-state index contributed by atoms with van der Waals surface area (Å²) in [4.78, 5) is 0. The molecular formula is C9H20Si. The smallest absolute Gasteiger partial charge is 0.0771 e. The van der Waals surface area contributed by atoms with Crippen LogP contribution in [0.1, 0.15) is 27.7 Å². The molecule has 0 aliphatic carbocycles. The summed E-state index contributed by atoms with van der Waals surface area (Å²) in [5, 5.41) is 1.63. The van der Waals surface area contributed by atoms with Crippen LogP contribution in [0.3, 0.4) is 0 Å². The van der Waals surface area contributed by atoms with E-state index in [1.807, 2.05) is 0 Å². The fourth-order valence-corrected chi connectivity index (χ4v) is 2.48. The molecule has 10 heavy (non-hydrogen) atoms. The van der Waals surface area contributed by atoms with Gasteiger partial charge in [0, 0.05) is 0 Å². The van der Waals surface area contributed by atoms with Gasteiger partial charge in [-0.25, -0.2) is 0 Å². The molecule has 0 spiro atoms. The normalized spacial score (nSPS) is 14.5. The first kappa shape index (κ1) is 9.96. The van der Waals surface area contributed by atoms with Gasteiger partial charge in [-0.3, -0.25) is 0 Å². The van der Waals surface area contributed by atoms with Gasteiger partial charge in [-0.15, -0.1) is 0 Å².